The smallest absolute Gasteiger partial charge is 0.335 e. The van der Waals surface area contributed by atoms with E-state index in [4.69, 9.17) is 5.11 Å². The standard InChI is InChI=1S/C16H21NO2/c18-15(19)13-3-1-12(2-4-13)11-17-14-5-7-16(8-6-14)9-10-16/h1-4,14,17H,5-11H2,(H,18,19). The van der Waals surface area contributed by atoms with Crippen LogP contribution in [0.3, 0.4) is 0 Å². The molecule has 1 aromatic rings. The first-order valence-electron chi connectivity index (χ1n) is 7.23. The Bertz CT molecular complexity index is 452. The van der Waals surface area contributed by atoms with E-state index in [9.17, 15) is 4.79 Å². The molecule has 2 aliphatic rings. The zero-order chi connectivity index (χ0) is 13.3. The van der Waals surface area contributed by atoms with Crippen LogP contribution in [-0.2, 0) is 6.54 Å². The molecule has 3 rings (SSSR count). The zero-order valence-electron chi connectivity index (χ0n) is 11.2. The fourth-order valence-corrected chi connectivity index (χ4v) is 3.14. The summed E-state index contributed by atoms with van der Waals surface area (Å²) < 4.78 is 0. The molecule has 2 fully saturated rings. The van der Waals surface area contributed by atoms with Gasteiger partial charge in [0.05, 0.1) is 5.56 Å². The number of carbonyl (C=O) groups is 1. The minimum absolute atomic E-state index is 0.358. The number of carboxylic acids is 1. The lowest BCUT2D eigenvalue weighted by Crippen LogP contribution is -2.33. The number of benzene rings is 1. The quantitative estimate of drug-likeness (QED) is 0.873. The van der Waals surface area contributed by atoms with Crippen LogP contribution in [0.15, 0.2) is 24.3 Å². The van der Waals surface area contributed by atoms with Crippen LogP contribution in [0.2, 0.25) is 0 Å². The van der Waals surface area contributed by atoms with Gasteiger partial charge in [-0.25, -0.2) is 4.79 Å². The lowest BCUT2D eigenvalue weighted by Gasteiger charge is -2.29. The van der Waals surface area contributed by atoms with Crippen molar-refractivity contribution in [2.24, 2.45) is 5.41 Å². The van der Waals surface area contributed by atoms with Crippen molar-refractivity contribution in [3.05, 3.63) is 35.4 Å². The number of rotatable bonds is 4. The molecule has 2 saturated carbocycles. The second-order valence-electron chi connectivity index (χ2n) is 6.16. The average molecular weight is 259 g/mol. The Morgan fingerprint density at radius 2 is 1.79 bits per heavy atom. The van der Waals surface area contributed by atoms with Crippen LogP contribution >= 0.6 is 0 Å². The summed E-state index contributed by atoms with van der Waals surface area (Å²) in [5.74, 6) is -0.860. The Morgan fingerprint density at radius 1 is 1.16 bits per heavy atom. The van der Waals surface area contributed by atoms with E-state index in [1.807, 2.05) is 12.1 Å². The monoisotopic (exact) mass is 259 g/mol. The number of hydrogen-bond acceptors (Lipinski definition) is 2. The Hall–Kier alpha value is -1.35. The summed E-state index contributed by atoms with van der Waals surface area (Å²) in [7, 11) is 0. The first-order chi connectivity index (χ1) is 9.17. The highest BCUT2D eigenvalue weighted by molar-refractivity contribution is 5.87. The third-order valence-electron chi connectivity index (χ3n) is 4.80. The van der Waals surface area contributed by atoms with Crippen molar-refractivity contribution in [3.63, 3.8) is 0 Å². The van der Waals surface area contributed by atoms with Gasteiger partial charge in [0.15, 0.2) is 0 Å². The highest BCUT2D eigenvalue weighted by Crippen LogP contribution is 2.56. The van der Waals surface area contributed by atoms with Gasteiger partial charge in [-0.05, 0) is 61.6 Å². The molecule has 2 aliphatic carbocycles. The molecule has 0 aromatic heterocycles. The van der Waals surface area contributed by atoms with E-state index in [0.29, 0.717) is 11.6 Å². The molecular weight excluding hydrogens is 238 g/mol. The van der Waals surface area contributed by atoms with Crippen molar-refractivity contribution >= 4 is 5.97 Å². The average Bonchev–Trinajstić information content (AvgIpc) is 3.18. The van der Waals surface area contributed by atoms with Crippen molar-refractivity contribution in [1.29, 1.82) is 0 Å². The predicted octanol–water partition coefficient (Wildman–Crippen LogP) is 3.20. The molecule has 3 heteroatoms. The van der Waals surface area contributed by atoms with E-state index in [1.54, 1.807) is 12.1 Å². The number of hydrogen-bond donors (Lipinski definition) is 2. The summed E-state index contributed by atoms with van der Waals surface area (Å²) in [6.07, 6.45) is 8.29. The van der Waals surface area contributed by atoms with Crippen molar-refractivity contribution in [1.82, 2.24) is 5.32 Å². The molecule has 19 heavy (non-hydrogen) atoms. The fraction of sp³-hybridized carbons (Fsp3) is 0.562. The lowest BCUT2D eigenvalue weighted by molar-refractivity contribution is 0.0697. The van der Waals surface area contributed by atoms with Crippen LogP contribution in [0, 0.1) is 5.41 Å². The van der Waals surface area contributed by atoms with E-state index in [1.165, 1.54) is 38.5 Å². The van der Waals surface area contributed by atoms with Gasteiger partial charge in [0, 0.05) is 12.6 Å². The highest BCUT2D eigenvalue weighted by Gasteiger charge is 2.44. The molecule has 0 aliphatic heterocycles. The van der Waals surface area contributed by atoms with Gasteiger partial charge in [0.25, 0.3) is 0 Å². The molecule has 0 radical (unpaired) electrons. The van der Waals surface area contributed by atoms with E-state index >= 15 is 0 Å². The molecule has 0 heterocycles. The normalized spacial score (nSPS) is 21.5. The van der Waals surface area contributed by atoms with Crippen LogP contribution in [-0.4, -0.2) is 17.1 Å². The number of carboxylic acid groups (broad SMARTS) is 1. The molecule has 0 unspecified atom stereocenters. The van der Waals surface area contributed by atoms with Crippen molar-refractivity contribution < 1.29 is 9.90 Å². The Labute approximate surface area is 114 Å². The maximum atomic E-state index is 10.8. The lowest BCUT2D eigenvalue weighted by atomic mass is 9.83. The first-order valence-corrected chi connectivity index (χ1v) is 7.23. The molecule has 0 saturated heterocycles. The van der Waals surface area contributed by atoms with Gasteiger partial charge < -0.3 is 10.4 Å². The first kappa shape index (κ1) is 12.7. The second-order valence-corrected chi connectivity index (χ2v) is 6.16. The molecular formula is C16H21NO2. The summed E-state index contributed by atoms with van der Waals surface area (Å²) in [5, 5.41) is 12.5. The van der Waals surface area contributed by atoms with Crippen molar-refractivity contribution in [2.45, 2.75) is 51.1 Å². The van der Waals surface area contributed by atoms with E-state index in [-0.39, 0.29) is 0 Å². The summed E-state index contributed by atoms with van der Waals surface area (Å²) >= 11 is 0. The van der Waals surface area contributed by atoms with Gasteiger partial charge in [-0.15, -0.1) is 0 Å². The molecule has 102 valence electrons. The minimum Gasteiger partial charge on any atom is -0.478 e. The van der Waals surface area contributed by atoms with E-state index in [2.05, 4.69) is 5.32 Å². The van der Waals surface area contributed by atoms with Gasteiger partial charge >= 0.3 is 5.97 Å². The van der Waals surface area contributed by atoms with Crippen molar-refractivity contribution in [3.8, 4) is 0 Å². The van der Waals surface area contributed by atoms with Crippen LogP contribution < -0.4 is 5.32 Å². The van der Waals surface area contributed by atoms with Crippen LogP contribution in [0.25, 0.3) is 0 Å². The van der Waals surface area contributed by atoms with Crippen LogP contribution in [0.5, 0.6) is 0 Å². The number of aromatic carboxylic acids is 1. The van der Waals surface area contributed by atoms with Crippen LogP contribution in [0.1, 0.15) is 54.4 Å². The molecule has 0 amide bonds. The van der Waals surface area contributed by atoms with Gasteiger partial charge in [0.1, 0.15) is 0 Å². The Kier molecular flexibility index (Phi) is 3.31. The molecule has 0 bridgehead atoms. The van der Waals surface area contributed by atoms with E-state index in [0.717, 1.165) is 17.5 Å². The predicted molar refractivity (Wildman–Crippen MR) is 74.2 cm³/mol. The minimum atomic E-state index is -0.860. The largest absolute Gasteiger partial charge is 0.478 e. The summed E-state index contributed by atoms with van der Waals surface area (Å²) in [6.45, 7) is 0.845. The summed E-state index contributed by atoms with van der Waals surface area (Å²) in [5.41, 5.74) is 2.27. The summed E-state index contributed by atoms with van der Waals surface area (Å²) in [6, 6.07) is 7.81. The summed E-state index contributed by atoms with van der Waals surface area (Å²) in [4.78, 5) is 10.8. The second kappa shape index (κ2) is 4.97. The Balaban J connectivity index is 1.48. The van der Waals surface area contributed by atoms with Crippen LogP contribution in [0.4, 0.5) is 0 Å². The molecule has 3 nitrogen and oxygen atoms in total. The number of nitrogens with one attached hydrogen (secondary N) is 1. The van der Waals surface area contributed by atoms with Gasteiger partial charge in [-0.1, -0.05) is 12.1 Å². The van der Waals surface area contributed by atoms with Gasteiger partial charge in [-0.2, -0.15) is 0 Å². The maximum absolute atomic E-state index is 10.8. The SMILES string of the molecule is O=C(O)c1ccc(CNC2CCC3(CC2)CC3)cc1. The van der Waals surface area contributed by atoms with Crippen molar-refractivity contribution in [2.75, 3.05) is 0 Å². The third-order valence-corrected chi connectivity index (χ3v) is 4.80. The highest BCUT2D eigenvalue weighted by atomic mass is 16.4. The Morgan fingerprint density at radius 3 is 2.32 bits per heavy atom. The molecule has 0 atom stereocenters. The van der Waals surface area contributed by atoms with E-state index < -0.39 is 5.97 Å². The van der Waals surface area contributed by atoms with Gasteiger partial charge in [0.2, 0.25) is 0 Å². The fourth-order valence-electron chi connectivity index (χ4n) is 3.14. The molecule has 1 spiro atoms. The third kappa shape index (κ3) is 2.98. The zero-order valence-corrected chi connectivity index (χ0v) is 11.2. The molecule has 2 N–H and O–H groups in total. The molecule has 1 aromatic carbocycles. The topological polar surface area (TPSA) is 49.3 Å². The van der Waals surface area contributed by atoms with Gasteiger partial charge in [-0.3, -0.25) is 0 Å². The maximum Gasteiger partial charge on any atom is 0.335 e.